The van der Waals surface area contributed by atoms with Crippen LogP contribution >= 0.6 is 0 Å². The van der Waals surface area contributed by atoms with Crippen molar-refractivity contribution in [3.05, 3.63) is 65.4 Å². The maximum atomic E-state index is 12.5. The van der Waals surface area contributed by atoms with Crippen LogP contribution in [-0.2, 0) is 4.79 Å². The number of carbonyl (C=O) groups is 1. The van der Waals surface area contributed by atoms with E-state index in [1.165, 1.54) is 0 Å². The first-order valence-electron chi connectivity index (χ1n) is 8.20. The minimum Gasteiger partial charge on any atom is -0.497 e. The molecule has 25 heavy (non-hydrogen) atoms. The van der Waals surface area contributed by atoms with Gasteiger partial charge in [-0.1, -0.05) is 24.3 Å². The molecule has 5 heteroatoms. The van der Waals surface area contributed by atoms with Gasteiger partial charge in [-0.05, 0) is 43.7 Å². The fourth-order valence-corrected chi connectivity index (χ4v) is 3.55. The molecule has 1 aliphatic heterocycles. The summed E-state index contributed by atoms with van der Waals surface area (Å²) in [6, 6.07) is 15.6. The molecule has 4 rings (SSSR count). The molecule has 0 radical (unpaired) electrons. The van der Waals surface area contributed by atoms with Gasteiger partial charge in [-0.15, -0.1) is 0 Å². The van der Waals surface area contributed by atoms with Crippen molar-refractivity contribution in [2.45, 2.75) is 19.9 Å². The van der Waals surface area contributed by atoms with Crippen LogP contribution in [0.1, 0.15) is 25.5 Å². The number of anilines is 1. The molecular weight excluding hydrogens is 314 g/mol. The Labute approximate surface area is 145 Å². The number of fused-ring (bicyclic) bond motifs is 3. The third-order valence-electron chi connectivity index (χ3n) is 4.62. The summed E-state index contributed by atoms with van der Waals surface area (Å²) in [4.78, 5) is 17.1. The summed E-state index contributed by atoms with van der Waals surface area (Å²) >= 11 is 0. The molecule has 0 aliphatic carbocycles. The van der Waals surface area contributed by atoms with E-state index in [-0.39, 0.29) is 11.8 Å². The summed E-state index contributed by atoms with van der Waals surface area (Å²) < 4.78 is 7.47. The highest BCUT2D eigenvalue weighted by Gasteiger charge is 2.32. The first kappa shape index (κ1) is 15.4. The van der Waals surface area contributed by atoms with Crippen molar-refractivity contribution in [1.29, 1.82) is 0 Å². The first-order chi connectivity index (χ1) is 12.1. The van der Waals surface area contributed by atoms with Gasteiger partial charge < -0.3 is 10.1 Å². The maximum absolute atomic E-state index is 12.5. The Hall–Kier alpha value is -3.08. The predicted molar refractivity (Wildman–Crippen MR) is 97.9 cm³/mol. The van der Waals surface area contributed by atoms with Crippen molar-refractivity contribution in [2.24, 2.45) is 0 Å². The average molecular weight is 333 g/mol. The quantitative estimate of drug-likeness (QED) is 0.789. The minimum absolute atomic E-state index is 0.0428. The molecule has 0 spiro atoms. The summed E-state index contributed by atoms with van der Waals surface area (Å²) in [6.07, 6.45) is 0. The second kappa shape index (κ2) is 5.77. The van der Waals surface area contributed by atoms with Crippen LogP contribution in [-0.4, -0.2) is 22.4 Å². The van der Waals surface area contributed by atoms with Crippen LogP contribution in [0.3, 0.4) is 0 Å². The highest BCUT2D eigenvalue weighted by atomic mass is 16.5. The predicted octanol–water partition coefficient (Wildman–Crippen LogP) is 3.92. The molecule has 126 valence electrons. The third kappa shape index (κ3) is 2.39. The molecular formula is C20H19N3O2. The molecule has 0 saturated heterocycles. The summed E-state index contributed by atoms with van der Waals surface area (Å²) in [5, 5.41) is 3.29. The maximum Gasteiger partial charge on any atom is 0.209 e. The van der Waals surface area contributed by atoms with Gasteiger partial charge in [0.25, 0.3) is 0 Å². The molecule has 3 aromatic rings. The van der Waals surface area contributed by atoms with Gasteiger partial charge in [0.05, 0.1) is 24.2 Å². The third-order valence-corrected chi connectivity index (χ3v) is 4.62. The van der Waals surface area contributed by atoms with Crippen molar-refractivity contribution < 1.29 is 9.53 Å². The second-order valence-electron chi connectivity index (χ2n) is 6.19. The molecule has 0 saturated carbocycles. The van der Waals surface area contributed by atoms with E-state index in [0.29, 0.717) is 0 Å². The van der Waals surface area contributed by atoms with Crippen LogP contribution in [0.15, 0.2) is 59.8 Å². The largest absolute Gasteiger partial charge is 0.497 e. The van der Waals surface area contributed by atoms with Crippen molar-refractivity contribution >= 4 is 22.8 Å². The zero-order chi connectivity index (χ0) is 17.6. The number of para-hydroxylation sites is 2. The van der Waals surface area contributed by atoms with E-state index in [0.717, 1.165) is 39.6 Å². The van der Waals surface area contributed by atoms with Gasteiger partial charge in [-0.2, -0.15) is 0 Å². The summed E-state index contributed by atoms with van der Waals surface area (Å²) in [5.41, 5.74) is 4.46. The van der Waals surface area contributed by atoms with Gasteiger partial charge in [-0.3, -0.25) is 9.36 Å². The zero-order valence-electron chi connectivity index (χ0n) is 14.4. The van der Waals surface area contributed by atoms with Crippen LogP contribution in [0.25, 0.3) is 11.0 Å². The topological polar surface area (TPSA) is 56.1 Å². The van der Waals surface area contributed by atoms with Gasteiger partial charge >= 0.3 is 0 Å². The van der Waals surface area contributed by atoms with Crippen LogP contribution in [0.4, 0.5) is 5.95 Å². The Kier molecular flexibility index (Phi) is 3.57. The van der Waals surface area contributed by atoms with Crippen molar-refractivity contribution in [2.75, 3.05) is 12.4 Å². The monoisotopic (exact) mass is 333 g/mol. The minimum atomic E-state index is -0.240. The Bertz CT molecular complexity index is 1020. The molecule has 5 nitrogen and oxygen atoms in total. The van der Waals surface area contributed by atoms with Gasteiger partial charge in [0, 0.05) is 11.3 Å². The summed E-state index contributed by atoms with van der Waals surface area (Å²) in [6.45, 7) is 3.53. The smallest absolute Gasteiger partial charge is 0.209 e. The van der Waals surface area contributed by atoms with E-state index in [9.17, 15) is 4.79 Å². The lowest BCUT2D eigenvalue weighted by Gasteiger charge is -2.30. The number of aromatic nitrogens is 2. The second-order valence-corrected chi connectivity index (χ2v) is 6.19. The van der Waals surface area contributed by atoms with E-state index < -0.39 is 0 Å². The van der Waals surface area contributed by atoms with E-state index >= 15 is 0 Å². The van der Waals surface area contributed by atoms with E-state index in [1.807, 2.05) is 55.5 Å². The number of carbonyl (C=O) groups excluding carboxylic acids is 1. The molecule has 1 aliphatic rings. The molecule has 2 heterocycles. The molecule has 2 aromatic carbocycles. The average Bonchev–Trinajstić information content (AvgIpc) is 2.98. The van der Waals surface area contributed by atoms with E-state index in [2.05, 4.69) is 9.88 Å². The summed E-state index contributed by atoms with van der Waals surface area (Å²) in [7, 11) is 1.65. The van der Waals surface area contributed by atoms with Crippen molar-refractivity contribution in [3.63, 3.8) is 0 Å². The number of ketones is 1. The fraction of sp³-hybridized carbons (Fsp3) is 0.200. The van der Waals surface area contributed by atoms with Crippen molar-refractivity contribution in [1.82, 2.24) is 9.55 Å². The van der Waals surface area contributed by atoms with Gasteiger partial charge in [0.15, 0.2) is 5.78 Å². The van der Waals surface area contributed by atoms with Gasteiger partial charge in [0.2, 0.25) is 5.95 Å². The van der Waals surface area contributed by atoms with Crippen LogP contribution < -0.4 is 10.1 Å². The van der Waals surface area contributed by atoms with Crippen molar-refractivity contribution in [3.8, 4) is 5.75 Å². The summed E-state index contributed by atoms with van der Waals surface area (Å²) in [5.74, 6) is 1.56. The van der Waals surface area contributed by atoms with E-state index in [4.69, 9.17) is 9.72 Å². The molecule has 0 fully saturated rings. The molecule has 0 unspecified atom stereocenters. The Balaban J connectivity index is 2.02. The Morgan fingerprint density at radius 1 is 1.20 bits per heavy atom. The molecule has 1 aromatic heterocycles. The van der Waals surface area contributed by atoms with Crippen LogP contribution in [0, 0.1) is 0 Å². The Morgan fingerprint density at radius 2 is 2.00 bits per heavy atom. The molecule has 0 bridgehead atoms. The number of ether oxygens (including phenoxy) is 1. The van der Waals surface area contributed by atoms with Crippen LogP contribution in [0.2, 0.25) is 0 Å². The molecule has 0 amide bonds. The SMILES string of the molecule is COc1cccc([C@H]2C(C(C)=O)=C(C)Nc3nc4ccccc4n32)c1. The number of nitrogens with zero attached hydrogens (tertiary/aromatic N) is 2. The number of hydrogen-bond acceptors (Lipinski definition) is 4. The van der Waals surface area contributed by atoms with E-state index in [1.54, 1.807) is 14.0 Å². The molecule has 1 N–H and O–H groups in total. The number of hydrogen-bond donors (Lipinski definition) is 1. The lowest BCUT2D eigenvalue weighted by Crippen LogP contribution is -2.27. The number of rotatable bonds is 3. The Morgan fingerprint density at radius 3 is 2.76 bits per heavy atom. The van der Waals surface area contributed by atoms with Crippen LogP contribution in [0.5, 0.6) is 5.75 Å². The number of imidazole rings is 1. The number of methoxy groups -OCH3 is 1. The lowest BCUT2D eigenvalue weighted by atomic mass is 9.92. The van der Waals surface area contributed by atoms with Gasteiger partial charge in [-0.25, -0.2) is 4.98 Å². The normalized spacial score (nSPS) is 16.5. The van der Waals surface area contributed by atoms with Gasteiger partial charge in [0.1, 0.15) is 5.75 Å². The number of allylic oxidation sites excluding steroid dienone is 2. The standard InChI is InChI=1S/C20H19N3O2/c1-12-18(13(2)24)19(14-7-6-8-15(11-14)25-3)23-17-10-5-4-9-16(17)22-20(23)21-12/h4-11,19H,1-3H3,(H,21,22)/t19-/m0/s1. The number of benzene rings is 2. The molecule has 1 atom stereocenters. The number of Topliss-reactive ketones (excluding diaryl/α,β-unsaturated/α-hetero) is 1. The zero-order valence-corrected chi connectivity index (χ0v) is 14.4. The highest BCUT2D eigenvalue weighted by Crippen LogP contribution is 2.39. The lowest BCUT2D eigenvalue weighted by molar-refractivity contribution is -0.114. The fourth-order valence-electron chi connectivity index (χ4n) is 3.55. The first-order valence-corrected chi connectivity index (χ1v) is 8.20. The highest BCUT2D eigenvalue weighted by molar-refractivity contribution is 5.97. The number of nitrogens with one attached hydrogen (secondary N) is 1.